The van der Waals surface area contributed by atoms with Gasteiger partial charge in [-0.05, 0) is 31.0 Å². The molecule has 0 aromatic heterocycles. The molecule has 0 spiro atoms. The first-order valence-corrected chi connectivity index (χ1v) is 6.16. The van der Waals surface area contributed by atoms with E-state index in [0.717, 1.165) is 12.0 Å². The summed E-state index contributed by atoms with van der Waals surface area (Å²) in [6.45, 7) is 3.81. The average Bonchev–Trinajstić information content (AvgIpc) is 2.28. The van der Waals surface area contributed by atoms with E-state index in [9.17, 15) is 9.18 Å². The van der Waals surface area contributed by atoms with Crippen LogP contribution in [0.4, 0.5) is 4.39 Å². The van der Waals surface area contributed by atoms with E-state index < -0.39 is 0 Å². The second-order valence-corrected chi connectivity index (χ2v) is 4.76. The lowest BCUT2D eigenvalue weighted by Gasteiger charge is -2.16. The number of hydrogen-bond donors (Lipinski definition) is 1. The van der Waals surface area contributed by atoms with Gasteiger partial charge in [-0.25, -0.2) is 4.39 Å². The Bertz CT molecular complexity index is 353. The molecule has 0 bridgehead atoms. The molecule has 0 aliphatic carbocycles. The van der Waals surface area contributed by atoms with Gasteiger partial charge in [0.05, 0.1) is 10.9 Å². The number of carbonyl (C=O) groups excluding carboxylic acids is 1. The smallest absolute Gasteiger partial charge is 0.234 e. The van der Waals surface area contributed by atoms with Crippen LogP contribution in [-0.4, -0.2) is 10.7 Å². The highest BCUT2D eigenvalue weighted by molar-refractivity contribution is 9.10. The molecule has 0 aliphatic heterocycles. The maximum atomic E-state index is 12.7. The Morgan fingerprint density at radius 2 is 2.00 bits per heavy atom. The quantitative estimate of drug-likeness (QED) is 0.847. The molecule has 2 atom stereocenters. The van der Waals surface area contributed by atoms with Gasteiger partial charge in [0.2, 0.25) is 5.91 Å². The summed E-state index contributed by atoms with van der Waals surface area (Å²) in [6, 6.07) is 6.03. The summed E-state index contributed by atoms with van der Waals surface area (Å²) in [4.78, 5) is 11.4. The molecule has 1 rings (SSSR count). The lowest BCUT2D eigenvalue weighted by molar-refractivity contribution is -0.121. The van der Waals surface area contributed by atoms with Crippen molar-refractivity contribution >= 4 is 21.8 Å². The van der Waals surface area contributed by atoms with Gasteiger partial charge in [0.15, 0.2) is 0 Å². The largest absolute Gasteiger partial charge is 0.349 e. The summed E-state index contributed by atoms with van der Waals surface area (Å²) in [5, 5.41) is 2.86. The van der Waals surface area contributed by atoms with Gasteiger partial charge in [-0.1, -0.05) is 35.0 Å². The molecule has 1 aromatic rings. The second kappa shape index (κ2) is 5.99. The van der Waals surface area contributed by atoms with Gasteiger partial charge in [0.1, 0.15) is 5.82 Å². The normalized spacial score (nSPS) is 14.2. The number of halogens is 2. The summed E-state index contributed by atoms with van der Waals surface area (Å²) in [6.07, 6.45) is 0.738. The van der Waals surface area contributed by atoms with Crippen molar-refractivity contribution < 1.29 is 9.18 Å². The minimum atomic E-state index is -0.269. The minimum Gasteiger partial charge on any atom is -0.349 e. The molecule has 16 heavy (non-hydrogen) atoms. The summed E-state index contributed by atoms with van der Waals surface area (Å²) >= 11 is 3.28. The zero-order chi connectivity index (χ0) is 12.1. The van der Waals surface area contributed by atoms with Crippen LogP contribution in [0.15, 0.2) is 24.3 Å². The van der Waals surface area contributed by atoms with Crippen LogP contribution >= 0.6 is 15.9 Å². The van der Waals surface area contributed by atoms with Crippen molar-refractivity contribution in [1.82, 2.24) is 5.32 Å². The molecular weight excluding hydrogens is 273 g/mol. The molecule has 0 saturated carbocycles. The van der Waals surface area contributed by atoms with Crippen molar-refractivity contribution in [1.29, 1.82) is 0 Å². The van der Waals surface area contributed by atoms with E-state index in [1.54, 1.807) is 12.1 Å². The Morgan fingerprint density at radius 3 is 2.50 bits per heavy atom. The molecular formula is C12H15BrFNO. The Morgan fingerprint density at radius 1 is 1.44 bits per heavy atom. The van der Waals surface area contributed by atoms with Crippen LogP contribution in [0, 0.1) is 5.82 Å². The van der Waals surface area contributed by atoms with Gasteiger partial charge in [-0.2, -0.15) is 0 Å². The number of carbonyl (C=O) groups is 1. The number of rotatable bonds is 4. The molecule has 0 fully saturated rings. The molecule has 0 radical (unpaired) electrons. The number of benzene rings is 1. The Balaban J connectivity index is 2.62. The van der Waals surface area contributed by atoms with Gasteiger partial charge in [-0.3, -0.25) is 4.79 Å². The van der Waals surface area contributed by atoms with Crippen molar-refractivity contribution in [2.45, 2.75) is 31.1 Å². The van der Waals surface area contributed by atoms with Gasteiger partial charge in [-0.15, -0.1) is 0 Å². The van der Waals surface area contributed by atoms with Crippen molar-refractivity contribution in [3.63, 3.8) is 0 Å². The number of alkyl halides is 1. The molecule has 88 valence electrons. The van der Waals surface area contributed by atoms with Crippen molar-refractivity contribution in [3.05, 3.63) is 35.6 Å². The van der Waals surface area contributed by atoms with E-state index in [4.69, 9.17) is 0 Å². The first-order chi connectivity index (χ1) is 7.54. The van der Waals surface area contributed by atoms with Crippen molar-refractivity contribution in [2.24, 2.45) is 0 Å². The Hall–Kier alpha value is -0.900. The number of nitrogens with one attached hydrogen (secondary N) is 1. The predicted octanol–water partition coefficient (Wildman–Crippen LogP) is 3.18. The van der Waals surface area contributed by atoms with E-state index in [1.807, 2.05) is 13.8 Å². The highest BCUT2D eigenvalue weighted by atomic mass is 79.9. The van der Waals surface area contributed by atoms with Gasteiger partial charge < -0.3 is 5.32 Å². The molecule has 4 heteroatoms. The zero-order valence-corrected chi connectivity index (χ0v) is 10.9. The first-order valence-electron chi connectivity index (χ1n) is 5.24. The lowest BCUT2D eigenvalue weighted by atomic mass is 10.1. The van der Waals surface area contributed by atoms with Crippen molar-refractivity contribution in [2.75, 3.05) is 0 Å². The molecule has 1 aromatic carbocycles. The minimum absolute atomic E-state index is 0.0423. The summed E-state index contributed by atoms with van der Waals surface area (Å²) < 4.78 is 12.7. The molecule has 0 saturated heterocycles. The highest BCUT2D eigenvalue weighted by Crippen LogP contribution is 2.14. The van der Waals surface area contributed by atoms with Crippen LogP contribution in [0.1, 0.15) is 31.9 Å². The van der Waals surface area contributed by atoms with E-state index in [2.05, 4.69) is 21.2 Å². The van der Waals surface area contributed by atoms with Crippen LogP contribution < -0.4 is 5.32 Å². The number of hydrogen-bond acceptors (Lipinski definition) is 1. The first kappa shape index (κ1) is 13.2. The maximum Gasteiger partial charge on any atom is 0.234 e. The molecule has 0 aliphatic rings. The molecule has 1 amide bonds. The number of amides is 1. The van der Waals surface area contributed by atoms with Gasteiger partial charge in [0, 0.05) is 0 Å². The van der Waals surface area contributed by atoms with E-state index in [0.29, 0.717) is 0 Å². The van der Waals surface area contributed by atoms with Crippen molar-refractivity contribution in [3.8, 4) is 0 Å². The van der Waals surface area contributed by atoms with E-state index in [-0.39, 0.29) is 22.6 Å². The third kappa shape index (κ3) is 3.59. The third-order valence-electron chi connectivity index (χ3n) is 2.37. The predicted molar refractivity (Wildman–Crippen MR) is 66.0 cm³/mol. The fraction of sp³-hybridized carbons (Fsp3) is 0.417. The van der Waals surface area contributed by atoms with Crippen LogP contribution in [0.2, 0.25) is 0 Å². The third-order valence-corrected chi connectivity index (χ3v) is 3.44. The molecule has 1 N–H and O–H groups in total. The van der Waals surface area contributed by atoms with Gasteiger partial charge >= 0.3 is 0 Å². The van der Waals surface area contributed by atoms with E-state index >= 15 is 0 Å². The van der Waals surface area contributed by atoms with Crippen LogP contribution in [-0.2, 0) is 4.79 Å². The Labute approximate surface area is 103 Å². The summed E-state index contributed by atoms with van der Waals surface area (Å²) in [7, 11) is 0. The average molecular weight is 288 g/mol. The monoisotopic (exact) mass is 287 g/mol. The van der Waals surface area contributed by atoms with Crippen LogP contribution in [0.3, 0.4) is 0 Å². The SMILES string of the molecule is CCC(Br)C(=O)N[C@H](C)c1ccc(F)cc1. The highest BCUT2D eigenvalue weighted by Gasteiger charge is 2.15. The molecule has 1 unspecified atom stereocenters. The fourth-order valence-electron chi connectivity index (χ4n) is 1.32. The standard InChI is InChI=1S/C12H15BrFNO/c1-3-11(13)12(16)15-8(2)9-4-6-10(14)7-5-9/h4-8,11H,3H2,1-2H3,(H,15,16)/t8-,11?/m1/s1. The fourth-order valence-corrected chi connectivity index (χ4v) is 1.46. The Kier molecular flexibility index (Phi) is 4.93. The second-order valence-electron chi connectivity index (χ2n) is 3.66. The van der Waals surface area contributed by atoms with Gasteiger partial charge in [0.25, 0.3) is 0 Å². The topological polar surface area (TPSA) is 29.1 Å². The summed E-state index contributed by atoms with van der Waals surface area (Å²) in [5.41, 5.74) is 0.894. The molecule has 2 nitrogen and oxygen atoms in total. The van der Waals surface area contributed by atoms with Crippen LogP contribution in [0.5, 0.6) is 0 Å². The summed E-state index contributed by atoms with van der Waals surface area (Å²) in [5.74, 6) is -0.312. The lowest BCUT2D eigenvalue weighted by Crippen LogP contribution is -2.32. The van der Waals surface area contributed by atoms with Crippen LogP contribution in [0.25, 0.3) is 0 Å². The van der Waals surface area contributed by atoms with E-state index in [1.165, 1.54) is 12.1 Å². The maximum absolute atomic E-state index is 12.7. The molecule has 0 heterocycles. The zero-order valence-electron chi connectivity index (χ0n) is 9.34.